The summed E-state index contributed by atoms with van der Waals surface area (Å²) in [7, 11) is -1.74. The molecule has 1 heterocycles. The molecule has 0 bridgehead atoms. The quantitative estimate of drug-likeness (QED) is 0.338. The third kappa shape index (κ3) is 5.31. The fourth-order valence-corrected chi connectivity index (χ4v) is 3.75. The van der Waals surface area contributed by atoms with Gasteiger partial charge in [-0.25, -0.2) is 10.1 Å². The molecule has 14 heteroatoms. The summed E-state index contributed by atoms with van der Waals surface area (Å²) in [6.45, 7) is 4.96. The van der Waals surface area contributed by atoms with Gasteiger partial charge < -0.3 is 11.5 Å². The Kier molecular flexibility index (Phi) is 6.98. The predicted molar refractivity (Wildman–Crippen MR) is 114 cm³/mol. The average Bonchev–Trinajstić information content (AvgIpc) is 2.94. The van der Waals surface area contributed by atoms with E-state index in [2.05, 4.69) is 15.6 Å². The van der Waals surface area contributed by atoms with Crippen molar-refractivity contribution in [2.45, 2.75) is 31.8 Å². The van der Waals surface area contributed by atoms with Gasteiger partial charge >= 0.3 is 6.18 Å². The third-order valence-corrected chi connectivity index (χ3v) is 5.47. The largest absolute Gasteiger partial charge is 0.416 e. The molecule has 2 rings (SSSR count). The number of benzene rings is 1. The van der Waals surface area contributed by atoms with Gasteiger partial charge in [0.25, 0.3) is 0 Å². The van der Waals surface area contributed by atoms with Gasteiger partial charge in [0.2, 0.25) is 5.91 Å². The molecule has 0 saturated carbocycles. The van der Waals surface area contributed by atoms with Crippen LogP contribution in [0.3, 0.4) is 0 Å². The van der Waals surface area contributed by atoms with Crippen LogP contribution in [0, 0.1) is 5.41 Å². The smallest absolute Gasteiger partial charge is 0.383 e. The van der Waals surface area contributed by atoms with Crippen molar-refractivity contribution < 1.29 is 22.2 Å². The van der Waals surface area contributed by atoms with Crippen LogP contribution in [-0.2, 0) is 21.8 Å². The van der Waals surface area contributed by atoms with Crippen molar-refractivity contribution in [3.8, 4) is 5.69 Å². The summed E-state index contributed by atoms with van der Waals surface area (Å²) in [6.07, 6.45) is -3.39. The number of nitrogens with two attached hydrogens (primary N) is 2. The molecule has 0 saturated heterocycles. The summed E-state index contributed by atoms with van der Waals surface area (Å²) in [5.74, 6) is -0.997. The molecule has 0 aliphatic carbocycles. The number of amides is 1. The topological polar surface area (TPSA) is 128 Å². The number of aromatic nitrogens is 2. The van der Waals surface area contributed by atoms with Gasteiger partial charge in [-0.2, -0.15) is 23.4 Å². The van der Waals surface area contributed by atoms with Gasteiger partial charge in [-0.3, -0.25) is 9.00 Å². The minimum Gasteiger partial charge on any atom is -0.383 e. The lowest BCUT2D eigenvalue weighted by molar-refractivity contribution is -0.137. The number of anilines is 1. The van der Waals surface area contributed by atoms with Gasteiger partial charge in [-0.15, -0.1) is 0 Å². The normalized spacial score (nSPS) is 13.9. The molecular weight excluding hydrogens is 480 g/mol. The van der Waals surface area contributed by atoms with E-state index in [0.717, 1.165) is 4.68 Å². The van der Waals surface area contributed by atoms with E-state index in [0.29, 0.717) is 12.1 Å². The zero-order chi connectivity index (χ0) is 23.9. The van der Waals surface area contributed by atoms with Crippen molar-refractivity contribution in [3.63, 3.8) is 0 Å². The molecule has 170 valence electrons. The maximum Gasteiger partial charge on any atom is 0.416 e. The van der Waals surface area contributed by atoms with Gasteiger partial charge in [0.1, 0.15) is 22.1 Å². The Hall–Kier alpha value is -2.31. The Bertz CT molecular complexity index is 1070. The highest BCUT2D eigenvalue weighted by Gasteiger charge is 2.33. The first-order valence-electron chi connectivity index (χ1n) is 8.48. The highest BCUT2D eigenvalue weighted by atomic mass is 35.5. The lowest BCUT2D eigenvalue weighted by atomic mass is 9.96. The Labute approximate surface area is 188 Å². The zero-order valence-electron chi connectivity index (χ0n) is 16.8. The maximum absolute atomic E-state index is 13.0. The van der Waals surface area contributed by atoms with Crippen molar-refractivity contribution in [2.75, 3.05) is 12.0 Å². The molecule has 1 unspecified atom stereocenters. The number of halogens is 5. The van der Waals surface area contributed by atoms with E-state index in [9.17, 15) is 22.2 Å². The number of carbonyl (C=O) groups excluding carboxylic acids is 1. The summed E-state index contributed by atoms with van der Waals surface area (Å²) in [5.41, 5.74) is 12.0. The molecule has 2 aromatic rings. The van der Waals surface area contributed by atoms with Crippen molar-refractivity contribution in [3.05, 3.63) is 33.4 Å². The van der Waals surface area contributed by atoms with Gasteiger partial charge in [0.05, 0.1) is 26.4 Å². The van der Waals surface area contributed by atoms with Crippen molar-refractivity contribution in [1.29, 1.82) is 0 Å². The van der Waals surface area contributed by atoms with E-state index in [1.807, 2.05) is 0 Å². The first kappa shape index (κ1) is 25.0. The summed E-state index contributed by atoms with van der Waals surface area (Å²) in [4.78, 5) is 11.9. The lowest BCUT2D eigenvalue weighted by Gasteiger charge is -2.15. The second kappa shape index (κ2) is 8.67. The van der Waals surface area contributed by atoms with Crippen LogP contribution in [0.25, 0.3) is 5.69 Å². The van der Waals surface area contributed by atoms with Crippen LogP contribution in [-0.4, -0.2) is 32.0 Å². The molecule has 1 aromatic heterocycles. The minimum atomic E-state index is -4.68. The van der Waals surface area contributed by atoms with Crippen molar-refractivity contribution in [2.24, 2.45) is 16.3 Å². The molecular formula is C17H19Cl2F3N6O2S. The number of alkyl halides is 3. The molecule has 0 aliphatic rings. The summed E-state index contributed by atoms with van der Waals surface area (Å²) in [6, 6.07) is 1.32. The van der Waals surface area contributed by atoms with Crippen LogP contribution in [0.1, 0.15) is 32.0 Å². The van der Waals surface area contributed by atoms with Gasteiger partial charge in [0, 0.05) is 11.7 Å². The number of amidine groups is 1. The number of rotatable bonds is 4. The molecule has 5 N–H and O–H groups in total. The molecule has 0 radical (unpaired) electrons. The maximum atomic E-state index is 13.0. The van der Waals surface area contributed by atoms with E-state index in [1.54, 1.807) is 20.8 Å². The number of nitrogens with one attached hydrogen (secondary N) is 1. The highest BCUT2D eigenvalue weighted by Crippen LogP contribution is 2.39. The number of carbonyl (C=O) groups is 1. The second-order valence-electron chi connectivity index (χ2n) is 7.40. The monoisotopic (exact) mass is 498 g/mol. The number of nitrogens with zero attached hydrogens (tertiary/aromatic N) is 3. The molecule has 1 atom stereocenters. The van der Waals surface area contributed by atoms with E-state index in [-0.39, 0.29) is 27.9 Å². The van der Waals surface area contributed by atoms with Crippen LogP contribution in [0.4, 0.5) is 19.0 Å². The number of hydrogen-bond acceptors (Lipinski definition) is 5. The molecule has 0 fully saturated rings. The second-order valence-corrected chi connectivity index (χ2v) is 9.53. The number of nitrogen functional groups attached to an aromatic ring is 1. The Morgan fingerprint density at radius 1 is 1.23 bits per heavy atom. The highest BCUT2D eigenvalue weighted by molar-refractivity contribution is 7.84. The van der Waals surface area contributed by atoms with Gasteiger partial charge in [-0.1, -0.05) is 44.0 Å². The van der Waals surface area contributed by atoms with E-state index in [1.165, 1.54) is 6.26 Å². The third-order valence-electron chi connectivity index (χ3n) is 3.92. The average molecular weight is 499 g/mol. The first-order valence-corrected chi connectivity index (χ1v) is 10.8. The SMILES string of the molecule is CS(=O)c1c(C(N)=NNC(=O)C(C)(C)C)nn(-c2c(Cl)cc(C(F)(F)F)cc2Cl)c1N. The van der Waals surface area contributed by atoms with E-state index >= 15 is 0 Å². The fraction of sp³-hybridized carbons (Fsp3) is 0.353. The Morgan fingerprint density at radius 2 is 1.74 bits per heavy atom. The summed E-state index contributed by atoms with van der Waals surface area (Å²) in [5, 5.41) is 7.06. The minimum absolute atomic E-state index is 0.0571. The van der Waals surface area contributed by atoms with Gasteiger partial charge in [0.15, 0.2) is 5.84 Å². The Morgan fingerprint density at radius 3 is 2.16 bits per heavy atom. The van der Waals surface area contributed by atoms with Crippen LogP contribution in [0.15, 0.2) is 22.1 Å². The molecule has 31 heavy (non-hydrogen) atoms. The number of hydrazone groups is 1. The van der Waals surface area contributed by atoms with Crippen LogP contribution >= 0.6 is 23.2 Å². The predicted octanol–water partition coefficient (Wildman–Crippen LogP) is 3.30. The molecule has 0 aliphatic heterocycles. The molecule has 1 aromatic carbocycles. The van der Waals surface area contributed by atoms with Crippen molar-refractivity contribution in [1.82, 2.24) is 15.2 Å². The number of hydrogen-bond donors (Lipinski definition) is 3. The summed E-state index contributed by atoms with van der Waals surface area (Å²) >= 11 is 12.1. The van der Waals surface area contributed by atoms with Gasteiger partial charge in [-0.05, 0) is 12.1 Å². The van der Waals surface area contributed by atoms with Crippen molar-refractivity contribution >= 4 is 51.6 Å². The Balaban J connectivity index is 2.64. The van der Waals surface area contributed by atoms with Crippen LogP contribution in [0.2, 0.25) is 10.0 Å². The first-order chi connectivity index (χ1) is 14.1. The van der Waals surface area contributed by atoms with E-state index in [4.69, 9.17) is 34.7 Å². The zero-order valence-corrected chi connectivity index (χ0v) is 19.1. The standard InChI is InChI=1S/C17H19Cl2F3N6O2S/c1-16(2,3)15(29)26-25-13(23)10-12(31(4)30)14(24)28(27-10)11-8(18)5-7(6-9(11)19)17(20,21)22/h5-6H,24H2,1-4H3,(H2,23,25)(H,26,29). The molecule has 8 nitrogen and oxygen atoms in total. The van der Waals surface area contributed by atoms with E-state index < -0.39 is 43.9 Å². The lowest BCUT2D eigenvalue weighted by Crippen LogP contribution is -2.33. The molecule has 0 spiro atoms. The fourth-order valence-electron chi connectivity index (χ4n) is 2.30. The van der Waals surface area contributed by atoms with Crippen LogP contribution in [0.5, 0.6) is 0 Å². The van der Waals surface area contributed by atoms with Crippen LogP contribution < -0.4 is 16.9 Å². The summed E-state index contributed by atoms with van der Waals surface area (Å²) < 4.78 is 52.2. The molecule has 1 amide bonds.